The van der Waals surface area contributed by atoms with Gasteiger partial charge in [0.1, 0.15) is 0 Å². The van der Waals surface area contributed by atoms with Crippen molar-refractivity contribution in [2.45, 2.75) is 32.1 Å². The second-order valence-corrected chi connectivity index (χ2v) is 4.40. The van der Waals surface area contributed by atoms with Crippen LogP contribution in [0.15, 0.2) is 24.3 Å². The summed E-state index contributed by atoms with van der Waals surface area (Å²) in [5.74, 6) is 0.289. The van der Waals surface area contributed by atoms with Crippen molar-refractivity contribution in [2.24, 2.45) is 5.92 Å². The van der Waals surface area contributed by atoms with Gasteiger partial charge >= 0.3 is 0 Å². The van der Waals surface area contributed by atoms with Crippen LogP contribution < -0.4 is 0 Å². The summed E-state index contributed by atoms with van der Waals surface area (Å²) < 4.78 is 0. The molecule has 1 fully saturated rings. The van der Waals surface area contributed by atoms with Crippen molar-refractivity contribution in [3.63, 3.8) is 0 Å². The van der Waals surface area contributed by atoms with Crippen LogP contribution in [0.25, 0.3) is 0 Å². The van der Waals surface area contributed by atoms with Crippen LogP contribution >= 0.6 is 0 Å². The fraction of sp³-hybridized carbons (Fsp3) is 0.429. The Labute approximate surface area is 95.7 Å². The van der Waals surface area contributed by atoms with E-state index in [2.05, 4.69) is 0 Å². The van der Waals surface area contributed by atoms with Crippen molar-refractivity contribution in [3.05, 3.63) is 35.4 Å². The van der Waals surface area contributed by atoms with Crippen LogP contribution in [0.3, 0.4) is 0 Å². The third kappa shape index (κ3) is 2.21. The first-order valence-electron chi connectivity index (χ1n) is 5.91. The molecule has 0 spiro atoms. The van der Waals surface area contributed by atoms with E-state index in [1.807, 2.05) is 6.07 Å². The summed E-state index contributed by atoms with van der Waals surface area (Å²) in [5.41, 5.74) is 1.13. The van der Waals surface area contributed by atoms with Crippen LogP contribution in [0.2, 0.25) is 0 Å². The van der Waals surface area contributed by atoms with Crippen molar-refractivity contribution in [3.8, 4) is 0 Å². The normalized spacial score (nSPS) is 17.0. The maximum absolute atomic E-state index is 12.2. The molecule has 0 atom stereocenters. The molecule has 0 unspecified atom stereocenters. The Morgan fingerprint density at radius 3 is 2.50 bits per heavy atom. The number of Topliss-reactive ketones (excluding diaryl/α,β-unsaturated/α-hetero) is 1. The van der Waals surface area contributed by atoms with Crippen molar-refractivity contribution < 1.29 is 9.59 Å². The third-order valence-electron chi connectivity index (χ3n) is 3.33. The van der Waals surface area contributed by atoms with Crippen LogP contribution in [0.5, 0.6) is 0 Å². The molecule has 0 bridgehead atoms. The van der Waals surface area contributed by atoms with E-state index in [4.69, 9.17) is 0 Å². The number of carbonyl (C=O) groups is 2. The van der Waals surface area contributed by atoms with Gasteiger partial charge in [-0.25, -0.2) is 0 Å². The largest absolute Gasteiger partial charge is 0.298 e. The summed E-state index contributed by atoms with van der Waals surface area (Å²) in [5, 5.41) is 0. The fourth-order valence-electron chi connectivity index (χ4n) is 2.41. The average Bonchev–Trinajstić information content (AvgIpc) is 2.39. The fourth-order valence-corrected chi connectivity index (χ4v) is 2.41. The molecule has 0 saturated heterocycles. The highest BCUT2D eigenvalue weighted by Crippen LogP contribution is 2.27. The van der Waals surface area contributed by atoms with E-state index in [0.717, 1.165) is 32.0 Å². The summed E-state index contributed by atoms with van der Waals surface area (Å²) in [7, 11) is 0. The van der Waals surface area contributed by atoms with Gasteiger partial charge in [-0.05, 0) is 12.8 Å². The number of hydrogen-bond acceptors (Lipinski definition) is 2. The molecule has 1 aliphatic carbocycles. The summed E-state index contributed by atoms with van der Waals surface area (Å²) in [6.07, 6.45) is 6.24. The SMILES string of the molecule is O=Cc1ccccc1C(=O)C1CCCCC1. The highest BCUT2D eigenvalue weighted by atomic mass is 16.1. The maximum atomic E-state index is 12.2. The molecule has 1 aromatic carbocycles. The second kappa shape index (κ2) is 5.06. The van der Waals surface area contributed by atoms with Crippen molar-refractivity contribution >= 4 is 12.1 Å². The van der Waals surface area contributed by atoms with Crippen LogP contribution in [0.4, 0.5) is 0 Å². The Balaban J connectivity index is 2.22. The highest BCUT2D eigenvalue weighted by molar-refractivity contribution is 6.04. The molecule has 2 rings (SSSR count). The van der Waals surface area contributed by atoms with Crippen LogP contribution in [0.1, 0.15) is 52.8 Å². The molecule has 0 N–H and O–H groups in total. The maximum Gasteiger partial charge on any atom is 0.166 e. The first-order chi connectivity index (χ1) is 7.83. The lowest BCUT2D eigenvalue weighted by molar-refractivity contribution is 0.0885. The molecular weight excluding hydrogens is 200 g/mol. The monoisotopic (exact) mass is 216 g/mol. The molecule has 0 aliphatic heterocycles. The number of hydrogen-bond donors (Lipinski definition) is 0. The Morgan fingerprint density at radius 1 is 1.12 bits per heavy atom. The average molecular weight is 216 g/mol. The zero-order valence-electron chi connectivity index (χ0n) is 9.32. The lowest BCUT2D eigenvalue weighted by atomic mass is 9.83. The van der Waals surface area contributed by atoms with Gasteiger partial charge in [0.15, 0.2) is 12.1 Å². The lowest BCUT2D eigenvalue weighted by Crippen LogP contribution is -2.19. The zero-order valence-corrected chi connectivity index (χ0v) is 9.32. The van der Waals surface area contributed by atoms with Crippen molar-refractivity contribution in [2.75, 3.05) is 0 Å². The van der Waals surface area contributed by atoms with E-state index in [0.29, 0.717) is 11.1 Å². The summed E-state index contributed by atoms with van der Waals surface area (Å²) >= 11 is 0. The van der Waals surface area contributed by atoms with Gasteiger partial charge in [-0.15, -0.1) is 0 Å². The molecule has 2 heteroatoms. The molecule has 2 nitrogen and oxygen atoms in total. The molecule has 1 aliphatic rings. The van der Waals surface area contributed by atoms with Gasteiger partial charge in [-0.1, -0.05) is 43.5 Å². The number of benzene rings is 1. The van der Waals surface area contributed by atoms with Gasteiger partial charge < -0.3 is 0 Å². The quantitative estimate of drug-likeness (QED) is 0.574. The Morgan fingerprint density at radius 2 is 1.81 bits per heavy atom. The number of aldehydes is 1. The van der Waals surface area contributed by atoms with Gasteiger partial charge in [-0.2, -0.15) is 0 Å². The first kappa shape index (κ1) is 11.1. The van der Waals surface area contributed by atoms with Gasteiger partial charge in [-0.3, -0.25) is 9.59 Å². The van der Waals surface area contributed by atoms with Crippen LogP contribution in [0, 0.1) is 5.92 Å². The lowest BCUT2D eigenvalue weighted by Gasteiger charge is -2.20. The standard InChI is InChI=1S/C14H16O2/c15-10-12-8-4-5-9-13(12)14(16)11-6-2-1-3-7-11/h4-5,8-11H,1-3,6-7H2. The molecule has 84 valence electrons. The minimum atomic E-state index is 0.134. The minimum Gasteiger partial charge on any atom is -0.298 e. The Hall–Kier alpha value is -1.44. The van der Waals surface area contributed by atoms with E-state index in [1.54, 1.807) is 18.2 Å². The summed E-state index contributed by atoms with van der Waals surface area (Å²) in [6.45, 7) is 0. The molecule has 0 aromatic heterocycles. The summed E-state index contributed by atoms with van der Waals surface area (Å²) in [6, 6.07) is 7.09. The first-order valence-corrected chi connectivity index (χ1v) is 5.91. The third-order valence-corrected chi connectivity index (χ3v) is 3.33. The van der Waals surface area contributed by atoms with E-state index >= 15 is 0 Å². The van der Waals surface area contributed by atoms with Crippen LogP contribution in [-0.2, 0) is 0 Å². The molecule has 0 amide bonds. The van der Waals surface area contributed by atoms with E-state index in [-0.39, 0.29) is 11.7 Å². The molecule has 0 radical (unpaired) electrons. The van der Waals surface area contributed by atoms with Crippen molar-refractivity contribution in [1.82, 2.24) is 0 Å². The minimum absolute atomic E-state index is 0.134. The van der Waals surface area contributed by atoms with Crippen LogP contribution in [-0.4, -0.2) is 12.1 Å². The van der Waals surface area contributed by atoms with E-state index in [9.17, 15) is 9.59 Å². The number of ketones is 1. The molecule has 1 aromatic rings. The Kier molecular flexibility index (Phi) is 3.50. The highest BCUT2D eigenvalue weighted by Gasteiger charge is 2.23. The van der Waals surface area contributed by atoms with Gasteiger partial charge in [0.2, 0.25) is 0 Å². The topological polar surface area (TPSA) is 34.1 Å². The van der Waals surface area contributed by atoms with E-state index in [1.165, 1.54) is 6.42 Å². The molecular formula is C14H16O2. The predicted octanol–water partition coefficient (Wildman–Crippen LogP) is 3.26. The van der Waals surface area contributed by atoms with Gasteiger partial charge in [0, 0.05) is 17.0 Å². The van der Waals surface area contributed by atoms with Crippen molar-refractivity contribution in [1.29, 1.82) is 0 Å². The number of carbonyl (C=O) groups excluding carboxylic acids is 2. The van der Waals surface area contributed by atoms with Gasteiger partial charge in [0.25, 0.3) is 0 Å². The molecule has 16 heavy (non-hydrogen) atoms. The van der Waals surface area contributed by atoms with Gasteiger partial charge in [0.05, 0.1) is 0 Å². The molecule has 0 heterocycles. The zero-order chi connectivity index (χ0) is 11.4. The second-order valence-electron chi connectivity index (χ2n) is 4.40. The summed E-state index contributed by atoms with van der Waals surface area (Å²) in [4.78, 5) is 23.1. The Bertz CT molecular complexity index is 389. The number of rotatable bonds is 3. The predicted molar refractivity (Wildman–Crippen MR) is 62.7 cm³/mol. The van der Waals surface area contributed by atoms with E-state index < -0.39 is 0 Å². The smallest absolute Gasteiger partial charge is 0.166 e. The molecule has 1 saturated carbocycles.